The minimum Gasteiger partial charge on any atom is -0.495 e. The van der Waals surface area contributed by atoms with Gasteiger partial charge in [-0.2, -0.15) is 5.26 Å². The number of hydrogen-bond donors (Lipinski definition) is 1. The zero-order chi connectivity index (χ0) is 14.7. The van der Waals surface area contributed by atoms with Gasteiger partial charge in [0, 0.05) is 0 Å². The Labute approximate surface area is 125 Å². The predicted octanol–water partition coefficient (Wildman–Crippen LogP) is 2.64. The van der Waals surface area contributed by atoms with E-state index in [1.807, 2.05) is 18.2 Å². The highest BCUT2D eigenvalue weighted by atomic mass is 32.2. The van der Waals surface area contributed by atoms with E-state index in [-0.39, 0.29) is 0 Å². The largest absolute Gasteiger partial charge is 0.495 e. The Hall–Kier alpha value is -2.59. The number of para-hydroxylation sites is 1. The van der Waals surface area contributed by atoms with Crippen LogP contribution in [-0.4, -0.2) is 32.8 Å². The van der Waals surface area contributed by atoms with Gasteiger partial charge >= 0.3 is 0 Å². The van der Waals surface area contributed by atoms with E-state index < -0.39 is 0 Å². The maximum atomic E-state index is 8.73. The van der Waals surface area contributed by atoms with E-state index in [1.54, 1.807) is 13.3 Å². The molecule has 21 heavy (non-hydrogen) atoms. The molecule has 3 rings (SSSR count). The van der Waals surface area contributed by atoms with Crippen molar-refractivity contribution in [2.75, 3.05) is 12.9 Å². The average Bonchev–Trinajstić information content (AvgIpc) is 2.96. The summed E-state index contributed by atoms with van der Waals surface area (Å²) in [6.07, 6.45) is 3.13. The van der Waals surface area contributed by atoms with Crippen LogP contribution in [0.15, 0.2) is 35.6 Å². The Morgan fingerprint density at radius 1 is 1.43 bits per heavy atom. The molecule has 1 aromatic carbocycles. The zero-order valence-corrected chi connectivity index (χ0v) is 12.0. The Kier molecular flexibility index (Phi) is 3.71. The second kappa shape index (κ2) is 5.81. The van der Waals surface area contributed by atoms with Crippen molar-refractivity contribution in [1.82, 2.24) is 19.9 Å². The highest BCUT2D eigenvalue weighted by Gasteiger charge is 2.14. The van der Waals surface area contributed by atoms with E-state index >= 15 is 0 Å². The number of H-pyrrole nitrogens is 1. The molecule has 0 bridgehead atoms. The number of hydrogen-bond acceptors (Lipinski definition) is 6. The number of nitrogens with one attached hydrogen (secondary N) is 1. The van der Waals surface area contributed by atoms with Crippen LogP contribution < -0.4 is 4.74 Å². The van der Waals surface area contributed by atoms with Gasteiger partial charge in [0.2, 0.25) is 0 Å². The molecule has 7 heteroatoms. The summed E-state index contributed by atoms with van der Waals surface area (Å²) in [4.78, 5) is 16.6. The van der Waals surface area contributed by atoms with Crippen LogP contribution >= 0.6 is 11.8 Å². The number of rotatable bonds is 4. The molecule has 0 amide bonds. The van der Waals surface area contributed by atoms with E-state index in [9.17, 15) is 0 Å². The highest BCUT2D eigenvalue weighted by molar-refractivity contribution is 7.99. The first-order valence-electron chi connectivity index (χ1n) is 6.16. The number of nitrogens with zero attached hydrogens (tertiary/aromatic N) is 4. The van der Waals surface area contributed by atoms with Gasteiger partial charge in [0.05, 0.1) is 35.6 Å². The number of fused-ring (bicyclic) bond motifs is 1. The maximum Gasteiger partial charge on any atom is 0.161 e. The van der Waals surface area contributed by atoms with Crippen molar-refractivity contribution < 1.29 is 4.74 Å². The summed E-state index contributed by atoms with van der Waals surface area (Å²) in [6.45, 7) is 0. The van der Waals surface area contributed by atoms with Gasteiger partial charge in [-0.3, -0.25) is 0 Å². The van der Waals surface area contributed by atoms with Crippen LogP contribution in [0.2, 0.25) is 0 Å². The molecule has 0 spiro atoms. The van der Waals surface area contributed by atoms with Crippen molar-refractivity contribution in [3.05, 3.63) is 30.7 Å². The van der Waals surface area contributed by atoms with Crippen molar-refractivity contribution >= 4 is 22.9 Å². The number of aromatic amines is 1. The Balaban J connectivity index is 2.10. The lowest BCUT2D eigenvalue weighted by Gasteiger charge is -2.10. The molecule has 0 aliphatic rings. The van der Waals surface area contributed by atoms with Crippen LogP contribution in [0.1, 0.15) is 0 Å². The van der Waals surface area contributed by atoms with Gasteiger partial charge in [0.1, 0.15) is 23.4 Å². The minimum atomic E-state index is 0.366. The lowest BCUT2D eigenvalue weighted by molar-refractivity contribution is 0.406. The molecular weight excluding hydrogens is 286 g/mol. The Morgan fingerprint density at radius 3 is 3.10 bits per heavy atom. The van der Waals surface area contributed by atoms with Crippen LogP contribution in [0.4, 0.5) is 0 Å². The van der Waals surface area contributed by atoms with Crippen LogP contribution in [0.3, 0.4) is 0 Å². The summed E-state index contributed by atoms with van der Waals surface area (Å²) in [7, 11) is 1.61. The molecule has 3 aromatic rings. The average molecular weight is 297 g/mol. The van der Waals surface area contributed by atoms with Crippen LogP contribution in [0.25, 0.3) is 22.6 Å². The molecule has 0 saturated carbocycles. The molecule has 0 aliphatic heterocycles. The standard InChI is InChI=1S/C14H11N5OS/c1-20-12-9(3-2-4-11(12)21-6-5-15)13-18-10-7-16-8-17-14(10)19-13/h2-4,7-8H,6H2,1H3,(H,16,17,18,19). The van der Waals surface area contributed by atoms with Gasteiger partial charge < -0.3 is 9.72 Å². The van der Waals surface area contributed by atoms with Gasteiger partial charge in [0.25, 0.3) is 0 Å². The number of benzene rings is 1. The first kappa shape index (κ1) is 13.4. The van der Waals surface area contributed by atoms with Crippen molar-refractivity contribution in [1.29, 1.82) is 5.26 Å². The second-order valence-electron chi connectivity index (χ2n) is 4.13. The number of ether oxygens (including phenoxy) is 1. The summed E-state index contributed by atoms with van der Waals surface area (Å²) in [5, 5.41) is 8.73. The Morgan fingerprint density at radius 2 is 2.33 bits per heavy atom. The fourth-order valence-electron chi connectivity index (χ4n) is 2.03. The minimum absolute atomic E-state index is 0.366. The number of methoxy groups -OCH3 is 1. The van der Waals surface area contributed by atoms with Crippen molar-refractivity contribution in [2.45, 2.75) is 4.90 Å². The second-order valence-corrected chi connectivity index (χ2v) is 5.14. The molecule has 6 nitrogen and oxygen atoms in total. The van der Waals surface area contributed by atoms with E-state index in [4.69, 9.17) is 10.00 Å². The topological polar surface area (TPSA) is 87.5 Å². The third-order valence-corrected chi connectivity index (χ3v) is 3.80. The van der Waals surface area contributed by atoms with Gasteiger partial charge in [-0.05, 0) is 12.1 Å². The Bertz CT molecular complexity index is 791. The molecule has 1 N–H and O–H groups in total. The van der Waals surface area contributed by atoms with Gasteiger partial charge in [-0.15, -0.1) is 11.8 Å². The lowest BCUT2D eigenvalue weighted by Crippen LogP contribution is -1.92. The smallest absolute Gasteiger partial charge is 0.161 e. The van der Waals surface area contributed by atoms with Crippen LogP contribution in [-0.2, 0) is 0 Å². The van der Waals surface area contributed by atoms with E-state index in [1.165, 1.54) is 18.1 Å². The molecule has 104 valence electrons. The quantitative estimate of drug-likeness (QED) is 0.745. The molecule has 2 aromatic heterocycles. The highest BCUT2D eigenvalue weighted by Crippen LogP contribution is 2.37. The fraction of sp³-hybridized carbons (Fsp3) is 0.143. The molecule has 0 aliphatic carbocycles. The maximum absolute atomic E-state index is 8.73. The summed E-state index contributed by atoms with van der Waals surface area (Å²) >= 11 is 1.43. The summed E-state index contributed by atoms with van der Waals surface area (Å²) in [5.41, 5.74) is 2.21. The molecule has 2 heterocycles. The van der Waals surface area contributed by atoms with Crippen LogP contribution in [0, 0.1) is 11.3 Å². The van der Waals surface area contributed by atoms with Crippen molar-refractivity contribution in [3.63, 3.8) is 0 Å². The summed E-state index contributed by atoms with van der Waals surface area (Å²) in [5.74, 6) is 1.73. The lowest BCUT2D eigenvalue weighted by atomic mass is 10.2. The van der Waals surface area contributed by atoms with Crippen molar-refractivity contribution in [2.24, 2.45) is 0 Å². The third-order valence-electron chi connectivity index (χ3n) is 2.89. The number of thioether (sulfide) groups is 1. The van der Waals surface area contributed by atoms with Gasteiger partial charge in [-0.1, -0.05) is 6.07 Å². The SMILES string of the molecule is COc1c(SCC#N)cccc1-c1nc2cncnc2[nH]1. The molecule has 0 fully saturated rings. The normalized spacial score (nSPS) is 10.5. The van der Waals surface area contributed by atoms with E-state index in [0.717, 1.165) is 10.5 Å². The first-order chi connectivity index (χ1) is 10.3. The number of imidazole rings is 1. The predicted molar refractivity (Wildman–Crippen MR) is 80.0 cm³/mol. The van der Waals surface area contributed by atoms with E-state index in [0.29, 0.717) is 28.5 Å². The summed E-state index contributed by atoms with van der Waals surface area (Å²) in [6, 6.07) is 7.87. The van der Waals surface area contributed by atoms with Gasteiger partial charge in [0.15, 0.2) is 5.65 Å². The van der Waals surface area contributed by atoms with E-state index in [2.05, 4.69) is 26.0 Å². The zero-order valence-electron chi connectivity index (χ0n) is 11.2. The molecule has 0 unspecified atom stereocenters. The number of aromatic nitrogens is 4. The van der Waals surface area contributed by atoms with Gasteiger partial charge in [-0.25, -0.2) is 15.0 Å². The molecular formula is C14H11N5OS. The molecule has 0 atom stereocenters. The monoisotopic (exact) mass is 297 g/mol. The molecule has 0 radical (unpaired) electrons. The number of nitriles is 1. The first-order valence-corrected chi connectivity index (χ1v) is 7.15. The van der Waals surface area contributed by atoms with Crippen LogP contribution in [0.5, 0.6) is 5.75 Å². The van der Waals surface area contributed by atoms with Crippen molar-refractivity contribution in [3.8, 4) is 23.2 Å². The third kappa shape index (κ3) is 2.53. The molecule has 0 saturated heterocycles. The fourth-order valence-corrected chi connectivity index (χ4v) is 2.74. The summed E-state index contributed by atoms with van der Waals surface area (Å²) < 4.78 is 5.50.